The minimum atomic E-state index is -5.05. The summed E-state index contributed by atoms with van der Waals surface area (Å²) in [4.78, 5) is 23.7. The number of alkyl halides is 3. The smallest absolute Gasteiger partial charge is 0.405 e. The molecule has 1 N–H and O–H groups in total. The first-order chi connectivity index (χ1) is 14.1. The van der Waals surface area contributed by atoms with Gasteiger partial charge in [-0.05, 0) is 45.4 Å². The Morgan fingerprint density at radius 3 is 2.63 bits per heavy atom. The fourth-order valence-electron chi connectivity index (χ4n) is 2.43. The Hall–Kier alpha value is -2.78. The monoisotopic (exact) mass is 503 g/mol. The normalized spacial score (nSPS) is 10.9. The van der Waals surface area contributed by atoms with Gasteiger partial charge < -0.3 is 10.1 Å². The van der Waals surface area contributed by atoms with Crippen LogP contribution in [-0.4, -0.2) is 22.9 Å². The van der Waals surface area contributed by atoms with Crippen LogP contribution in [-0.2, 0) is 6.54 Å². The fourth-order valence-corrected chi connectivity index (χ4v) is 3.64. The third-order valence-corrected chi connectivity index (χ3v) is 5.26. The number of rotatable bonds is 7. The van der Waals surface area contributed by atoms with Crippen molar-refractivity contribution in [1.82, 2.24) is 5.32 Å². The largest absolute Gasteiger partial charge is 0.573 e. The highest BCUT2D eigenvalue weighted by Crippen LogP contribution is 2.36. The van der Waals surface area contributed by atoms with Crippen LogP contribution in [0.5, 0.6) is 5.75 Å². The number of amides is 1. The maximum Gasteiger partial charge on any atom is 0.573 e. The number of halogens is 4. The van der Waals surface area contributed by atoms with E-state index in [1.807, 2.05) is 13.0 Å². The van der Waals surface area contributed by atoms with E-state index in [4.69, 9.17) is 5.26 Å². The molecule has 158 valence electrons. The predicted octanol–water partition coefficient (Wildman–Crippen LogP) is 5.17. The number of nitrogens with one attached hydrogen (secondary N) is 1. The predicted molar refractivity (Wildman–Crippen MR) is 106 cm³/mol. The van der Waals surface area contributed by atoms with E-state index in [0.717, 1.165) is 16.7 Å². The zero-order valence-corrected chi connectivity index (χ0v) is 17.7. The zero-order chi connectivity index (χ0) is 22.5. The molecular formula is C18H13BrF3N3O4S. The fraction of sp³-hybridized carbons (Fsp3) is 0.222. The number of nitriles is 1. The Bertz CT molecular complexity index is 1020. The second-order valence-electron chi connectivity index (χ2n) is 5.65. The van der Waals surface area contributed by atoms with Gasteiger partial charge in [0.2, 0.25) is 0 Å². The molecule has 30 heavy (non-hydrogen) atoms. The molecule has 0 bridgehead atoms. The van der Waals surface area contributed by atoms with Gasteiger partial charge in [-0.15, -0.1) is 24.9 Å². The van der Waals surface area contributed by atoms with Crippen molar-refractivity contribution in [1.29, 1.82) is 5.26 Å². The summed E-state index contributed by atoms with van der Waals surface area (Å²) in [5, 5.41) is 22.8. The number of hydrogen-bond acceptors (Lipinski definition) is 6. The molecule has 12 heteroatoms. The van der Waals surface area contributed by atoms with Crippen LogP contribution < -0.4 is 10.1 Å². The van der Waals surface area contributed by atoms with Gasteiger partial charge in [0.25, 0.3) is 11.6 Å². The van der Waals surface area contributed by atoms with Crippen molar-refractivity contribution in [3.63, 3.8) is 0 Å². The van der Waals surface area contributed by atoms with Gasteiger partial charge in [0.15, 0.2) is 0 Å². The van der Waals surface area contributed by atoms with Crippen molar-refractivity contribution in [2.24, 2.45) is 0 Å². The number of thioether (sulfide) groups is 1. The molecule has 0 fully saturated rings. The van der Waals surface area contributed by atoms with E-state index in [-0.39, 0.29) is 11.0 Å². The molecule has 0 saturated heterocycles. The van der Waals surface area contributed by atoms with Gasteiger partial charge in [0.05, 0.1) is 21.0 Å². The van der Waals surface area contributed by atoms with E-state index in [1.54, 1.807) is 18.2 Å². The maximum atomic E-state index is 12.6. The van der Waals surface area contributed by atoms with Gasteiger partial charge >= 0.3 is 6.36 Å². The summed E-state index contributed by atoms with van der Waals surface area (Å²) < 4.78 is 41.2. The van der Waals surface area contributed by atoms with Gasteiger partial charge in [0.1, 0.15) is 11.3 Å². The molecular weight excluding hydrogens is 491 g/mol. The van der Waals surface area contributed by atoms with Crippen molar-refractivity contribution in [3.8, 4) is 11.8 Å². The minimum Gasteiger partial charge on any atom is -0.405 e. The minimum absolute atomic E-state index is 0.0840. The molecule has 2 aromatic rings. The van der Waals surface area contributed by atoms with E-state index in [9.17, 15) is 28.1 Å². The van der Waals surface area contributed by atoms with Gasteiger partial charge in [-0.3, -0.25) is 14.9 Å². The van der Waals surface area contributed by atoms with Crippen molar-refractivity contribution < 1.29 is 27.6 Å². The average molecular weight is 504 g/mol. The Balaban J connectivity index is 2.35. The van der Waals surface area contributed by atoms with Crippen LogP contribution in [0.15, 0.2) is 39.7 Å². The standard InChI is InChI=1S/C18H13BrF3N3O4S/c1-2-30-16-4-3-10(8-23)5-11(16)9-24-17(26)12-6-15(29-18(20,21)22)13(19)7-14(12)25(27)28/h3-7H,2,9H2,1H3,(H,24,26). The molecule has 0 spiro atoms. The first-order valence-electron chi connectivity index (χ1n) is 8.23. The summed E-state index contributed by atoms with van der Waals surface area (Å²) in [6.07, 6.45) is -5.05. The third-order valence-electron chi connectivity index (χ3n) is 3.65. The molecule has 0 aliphatic rings. The Morgan fingerprint density at radius 2 is 2.07 bits per heavy atom. The highest BCUT2D eigenvalue weighted by molar-refractivity contribution is 9.10. The lowest BCUT2D eigenvalue weighted by atomic mass is 10.1. The van der Waals surface area contributed by atoms with E-state index in [2.05, 4.69) is 26.0 Å². The van der Waals surface area contributed by atoms with Gasteiger partial charge in [0, 0.05) is 23.6 Å². The number of carbonyl (C=O) groups is 1. The van der Waals surface area contributed by atoms with Crippen molar-refractivity contribution in [2.45, 2.75) is 24.7 Å². The summed E-state index contributed by atoms with van der Waals surface area (Å²) in [6.45, 7) is 1.83. The zero-order valence-electron chi connectivity index (χ0n) is 15.2. The van der Waals surface area contributed by atoms with Crippen molar-refractivity contribution in [2.75, 3.05) is 5.75 Å². The Morgan fingerprint density at radius 1 is 1.37 bits per heavy atom. The molecule has 2 rings (SSSR count). The lowest BCUT2D eigenvalue weighted by Gasteiger charge is -2.13. The summed E-state index contributed by atoms with van der Waals surface area (Å²) in [5.74, 6) is -1.02. The van der Waals surface area contributed by atoms with Gasteiger partial charge in [-0.2, -0.15) is 5.26 Å². The number of benzene rings is 2. The number of nitro benzene ring substituents is 1. The molecule has 0 aliphatic heterocycles. The molecule has 0 atom stereocenters. The molecule has 7 nitrogen and oxygen atoms in total. The van der Waals surface area contributed by atoms with Crippen LogP contribution in [0.1, 0.15) is 28.4 Å². The lowest BCUT2D eigenvalue weighted by molar-refractivity contribution is -0.385. The number of hydrogen-bond donors (Lipinski definition) is 1. The molecule has 2 aromatic carbocycles. The quantitative estimate of drug-likeness (QED) is 0.317. The second kappa shape index (κ2) is 9.82. The molecule has 0 saturated carbocycles. The number of nitrogens with zero attached hydrogens (tertiary/aromatic N) is 2. The third kappa shape index (κ3) is 6.11. The van der Waals surface area contributed by atoms with Crippen LogP contribution >= 0.6 is 27.7 Å². The van der Waals surface area contributed by atoms with E-state index >= 15 is 0 Å². The number of nitro groups is 1. The number of carbonyl (C=O) groups excluding carboxylic acids is 1. The van der Waals surface area contributed by atoms with Crippen LogP contribution in [0, 0.1) is 21.4 Å². The van der Waals surface area contributed by atoms with E-state index in [0.29, 0.717) is 17.2 Å². The first-order valence-corrected chi connectivity index (χ1v) is 10.0. The highest BCUT2D eigenvalue weighted by atomic mass is 79.9. The van der Waals surface area contributed by atoms with E-state index < -0.39 is 34.2 Å². The Labute approximate surface area is 181 Å². The van der Waals surface area contributed by atoms with Crippen molar-refractivity contribution in [3.05, 3.63) is 61.6 Å². The van der Waals surface area contributed by atoms with Crippen LogP contribution in [0.4, 0.5) is 18.9 Å². The summed E-state index contributed by atoms with van der Waals surface area (Å²) in [6, 6.07) is 8.29. The van der Waals surface area contributed by atoms with Gasteiger partial charge in [-0.1, -0.05) is 6.92 Å². The second-order valence-corrected chi connectivity index (χ2v) is 7.81. The molecule has 1 amide bonds. The first kappa shape index (κ1) is 23.5. The summed E-state index contributed by atoms with van der Waals surface area (Å²) in [5.41, 5.74) is -0.331. The van der Waals surface area contributed by atoms with Crippen LogP contribution in [0.2, 0.25) is 0 Å². The maximum absolute atomic E-state index is 12.6. The van der Waals surface area contributed by atoms with Crippen LogP contribution in [0.25, 0.3) is 0 Å². The van der Waals surface area contributed by atoms with Crippen molar-refractivity contribution >= 4 is 39.3 Å². The molecule has 0 aromatic heterocycles. The average Bonchev–Trinajstić information content (AvgIpc) is 2.67. The molecule has 0 unspecified atom stereocenters. The van der Waals surface area contributed by atoms with Crippen LogP contribution in [0.3, 0.4) is 0 Å². The van der Waals surface area contributed by atoms with E-state index in [1.165, 1.54) is 11.8 Å². The topological polar surface area (TPSA) is 105 Å². The Kier molecular flexibility index (Phi) is 7.69. The molecule has 0 radical (unpaired) electrons. The summed E-state index contributed by atoms with van der Waals surface area (Å²) in [7, 11) is 0. The van der Waals surface area contributed by atoms with Gasteiger partial charge in [-0.25, -0.2) is 0 Å². The molecule has 0 aliphatic carbocycles. The summed E-state index contributed by atoms with van der Waals surface area (Å²) >= 11 is 4.24. The lowest BCUT2D eigenvalue weighted by Crippen LogP contribution is -2.25. The highest BCUT2D eigenvalue weighted by Gasteiger charge is 2.34. The number of ether oxygens (including phenoxy) is 1. The SMILES string of the molecule is CCSc1ccc(C#N)cc1CNC(=O)c1cc(OC(F)(F)F)c(Br)cc1[N+](=O)[O-]. The molecule has 0 heterocycles.